The molecule has 1 unspecified atom stereocenters. The zero-order valence-corrected chi connectivity index (χ0v) is 10.5. The van der Waals surface area contributed by atoms with Crippen LogP contribution in [0.4, 0.5) is 0 Å². The first-order valence-electron chi connectivity index (χ1n) is 6.34. The first-order valence-corrected chi connectivity index (χ1v) is 6.34. The van der Waals surface area contributed by atoms with E-state index in [0.29, 0.717) is 0 Å². The van der Waals surface area contributed by atoms with Crippen molar-refractivity contribution in [3.63, 3.8) is 0 Å². The molecule has 18 heavy (non-hydrogen) atoms. The normalized spacial score (nSPS) is 18.4. The molecule has 0 saturated carbocycles. The van der Waals surface area contributed by atoms with Gasteiger partial charge >= 0.3 is 0 Å². The van der Waals surface area contributed by atoms with Crippen LogP contribution in [0, 0.1) is 5.92 Å². The van der Waals surface area contributed by atoms with Gasteiger partial charge in [-0.2, -0.15) is 5.10 Å². The molecule has 0 N–H and O–H groups in total. The van der Waals surface area contributed by atoms with E-state index in [1.807, 2.05) is 13.1 Å². The Kier molecular flexibility index (Phi) is 2.74. The molecule has 0 amide bonds. The Morgan fingerprint density at radius 1 is 1.28 bits per heavy atom. The van der Waals surface area contributed by atoms with Crippen molar-refractivity contribution >= 4 is 5.78 Å². The van der Waals surface area contributed by atoms with Crippen LogP contribution in [0.15, 0.2) is 36.5 Å². The Morgan fingerprint density at radius 3 is 2.78 bits per heavy atom. The summed E-state index contributed by atoms with van der Waals surface area (Å²) in [5.41, 5.74) is 3.44. The summed E-state index contributed by atoms with van der Waals surface area (Å²) in [6, 6.07) is 10.2. The molecule has 0 aliphatic heterocycles. The summed E-state index contributed by atoms with van der Waals surface area (Å²) in [7, 11) is 1.82. The molecule has 1 aliphatic carbocycles. The van der Waals surface area contributed by atoms with Crippen molar-refractivity contribution in [1.29, 1.82) is 0 Å². The van der Waals surface area contributed by atoms with Gasteiger partial charge in [0, 0.05) is 19.2 Å². The van der Waals surface area contributed by atoms with E-state index in [4.69, 9.17) is 0 Å². The van der Waals surface area contributed by atoms with Crippen LogP contribution in [0.25, 0.3) is 0 Å². The quantitative estimate of drug-likeness (QED) is 0.755. The van der Waals surface area contributed by atoms with E-state index < -0.39 is 0 Å². The number of ketones is 1. The van der Waals surface area contributed by atoms with E-state index in [1.54, 1.807) is 10.9 Å². The molecule has 2 aromatic rings. The maximum Gasteiger partial charge on any atom is 0.184 e. The molecular formula is C15H16N2O. The van der Waals surface area contributed by atoms with Crippen LogP contribution in [0.2, 0.25) is 0 Å². The third-order valence-corrected chi connectivity index (χ3v) is 3.79. The van der Waals surface area contributed by atoms with Gasteiger partial charge in [0.1, 0.15) is 5.69 Å². The van der Waals surface area contributed by atoms with Crippen LogP contribution in [0.1, 0.15) is 28.0 Å². The van der Waals surface area contributed by atoms with Crippen LogP contribution in [-0.2, 0) is 19.9 Å². The van der Waals surface area contributed by atoms with Gasteiger partial charge in [-0.3, -0.25) is 9.48 Å². The number of aryl methyl sites for hydroxylation is 2. The summed E-state index contributed by atoms with van der Waals surface area (Å²) >= 11 is 0. The highest BCUT2D eigenvalue weighted by Crippen LogP contribution is 2.27. The minimum atomic E-state index is 0.107. The molecule has 0 spiro atoms. The van der Waals surface area contributed by atoms with Crippen molar-refractivity contribution in [2.75, 3.05) is 0 Å². The number of carbonyl (C=O) groups is 1. The predicted molar refractivity (Wildman–Crippen MR) is 69.5 cm³/mol. The number of hydrogen-bond acceptors (Lipinski definition) is 2. The van der Waals surface area contributed by atoms with Gasteiger partial charge in [-0.05, 0) is 36.5 Å². The predicted octanol–water partition coefficient (Wildman–Crippen LogP) is 2.41. The zero-order valence-electron chi connectivity index (χ0n) is 10.5. The molecule has 1 aliphatic rings. The average Bonchev–Trinajstić information content (AvgIpc) is 2.83. The van der Waals surface area contributed by atoms with Crippen LogP contribution < -0.4 is 0 Å². The molecule has 0 fully saturated rings. The highest BCUT2D eigenvalue weighted by Gasteiger charge is 2.26. The molecular weight excluding hydrogens is 224 g/mol. The highest BCUT2D eigenvalue weighted by molar-refractivity contribution is 5.96. The second kappa shape index (κ2) is 4.41. The smallest absolute Gasteiger partial charge is 0.184 e. The van der Waals surface area contributed by atoms with Crippen molar-refractivity contribution in [1.82, 2.24) is 9.78 Å². The van der Waals surface area contributed by atoms with Gasteiger partial charge in [0.15, 0.2) is 5.78 Å². The van der Waals surface area contributed by atoms with Crippen molar-refractivity contribution in [2.45, 2.75) is 19.3 Å². The van der Waals surface area contributed by atoms with Gasteiger partial charge in [-0.25, -0.2) is 0 Å². The fourth-order valence-electron chi connectivity index (χ4n) is 2.75. The lowest BCUT2D eigenvalue weighted by Crippen LogP contribution is -2.24. The number of Topliss-reactive ketones (excluding diaryl/α,β-unsaturated/α-hetero) is 1. The number of rotatable bonds is 2. The van der Waals surface area contributed by atoms with E-state index in [0.717, 1.165) is 25.0 Å². The molecule has 0 bridgehead atoms. The molecule has 1 aromatic carbocycles. The van der Waals surface area contributed by atoms with E-state index >= 15 is 0 Å². The lowest BCUT2D eigenvalue weighted by molar-refractivity contribution is 0.0899. The first kappa shape index (κ1) is 11.2. The van der Waals surface area contributed by atoms with Gasteiger partial charge in [-0.1, -0.05) is 24.3 Å². The summed E-state index contributed by atoms with van der Waals surface area (Å²) in [5.74, 6) is 0.333. The number of carbonyl (C=O) groups excluding carboxylic acids is 1. The molecule has 1 heterocycles. The standard InChI is InChI=1S/C15H16N2O/c1-17-14(8-9-16-17)15(18)13-7-6-11-4-2-3-5-12(11)10-13/h2-5,8-9,13H,6-7,10H2,1H3. The van der Waals surface area contributed by atoms with E-state index in [2.05, 4.69) is 29.4 Å². The summed E-state index contributed by atoms with van der Waals surface area (Å²) < 4.78 is 1.67. The molecule has 3 rings (SSSR count). The van der Waals surface area contributed by atoms with Crippen LogP contribution in [0.5, 0.6) is 0 Å². The van der Waals surface area contributed by atoms with Crippen molar-refractivity contribution < 1.29 is 4.79 Å². The number of nitrogens with zero attached hydrogens (tertiary/aromatic N) is 2. The minimum absolute atomic E-state index is 0.107. The Hall–Kier alpha value is -1.90. The molecule has 0 saturated heterocycles. The summed E-state index contributed by atoms with van der Waals surface area (Å²) in [4.78, 5) is 12.4. The van der Waals surface area contributed by atoms with Gasteiger partial charge in [0.2, 0.25) is 0 Å². The fourth-order valence-corrected chi connectivity index (χ4v) is 2.75. The van der Waals surface area contributed by atoms with Gasteiger partial charge in [-0.15, -0.1) is 0 Å². The SMILES string of the molecule is Cn1nccc1C(=O)C1CCc2ccccc2C1. The largest absolute Gasteiger partial charge is 0.292 e. The number of benzene rings is 1. The highest BCUT2D eigenvalue weighted by atomic mass is 16.1. The minimum Gasteiger partial charge on any atom is -0.292 e. The summed E-state index contributed by atoms with van der Waals surface area (Å²) in [6.45, 7) is 0. The van der Waals surface area contributed by atoms with Gasteiger partial charge in [0.25, 0.3) is 0 Å². The lowest BCUT2D eigenvalue weighted by atomic mass is 9.81. The number of hydrogen-bond donors (Lipinski definition) is 0. The zero-order chi connectivity index (χ0) is 12.5. The summed E-state index contributed by atoms with van der Waals surface area (Å²) in [6.07, 6.45) is 4.50. The Morgan fingerprint density at radius 2 is 2.06 bits per heavy atom. The molecule has 92 valence electrons. The van der Waals surface area contributed by atoms with Gasteiger partial charge in [0.05, 0.1) is 0 Å². The number of fused-ring (bicyclic) bond motifs is 1. The Labute approximate surface area is 106 Å². The Balaban J connectivity index is 1.84. The second-order valence-electron chi connectivity index (χ2n) is 4.91. The first-order chi connectivity index (χ1) is 8.75. The topological polar surface area (TPSA) is 34.9 Å². The molecule has 3 nitrogen and oxygen atoms in total. The van der Waals surface area contributed by atoms with Crippen molar-refractivity contribution in [2.24, 2.45) is 13.0 Å². The van der Waals surface area contributed by atoms with Crippen molar-refractivity contribution in [3.8, 4) is 0 Å². The third kappa shape index (κ3) is 1.86. The fraction of sp³-hybridized carbons (Fsp3) is 0.333. The second-order valence-corrected chi connectivity index (χ2v) is 4.91. The van der Waals surface area contributed by atoms with Crippen molar-refractivity contribution in [3.05, 3.63) is 53.3 Å². The van der Waals surface area contributed by atoms with E-state index in [1.165, 1.54) is 11.1 Å². The van der Waals surface area contributed by atoms with Gasteiger partial charge < -0.3 is 0 Å². The summed E-state index contributed by atoms with van der Waals surface area (Å²) in [5, 5.41) is 4.07. The lowest BCUT2D eigenvalue weighted by Gasteiger charge is -2.23. The Bertz CT molecular complexity index is 586. The monoisotopic (exact) mass is 240 g/mol. The molecule has 0 radical (unpaired) electrons. The van der Waals surface area contributed by atoms with Crippen LogP contribution in [-0.4, -0.2) is 15.6 Å². The van der Waals surface area contributed by atoms with E-state index in [-0.39, 0.29) is 11.7 Å². The maximum atomic E-state index is 12.4. The average molecular weight is 240 g/mol. The molecule has 1 atom stereocenters. The molecule has 1 aromatic heterocycles. The third-order valence-electron chi connectivity index (χ3n) is 3.79. The van der Waals surface area contributed by atoms with Crippen LogP contribution in [0.3, 0.4) is 0 Å². The molecule has 3 heteroatoms. The maximum absolute atomic E-state index is 12.4. The van der Waals surface area contributed by atoms with Crippen LogP contribution >= 0.6 is 0 Å². The number of aromatic nitrogens is 2. The van der Waals surface area contributed by atoms with E-state index in [9.17, 15) is 4.79 Å².